The number of sulfonamides is 1. The van der Waals surface area contributed by atoms with E-state index in [0.29, 0.717) is 11.3 Å². The fourth-order valence-corrected chi connectivity index (χ4v) is 6.20. The maximum absolute atomic E-state index is 13.9. The molecular formula is C30H34FN3O5S. The van der Waals surface area contributed by atoms with Gasteiger partial charge in [0.2, 0.25) is 11.8 Å². The van der Waals surface area contributed by atoms with Gasteiger partial charge in [-0.15, -0.1) is 0 Å². The SMILES string of the molecule is COc1cccc(N(CC(=O)N(Cc2ccc(F)cc2)[C@H](C)C(=O)NC2CCCC2)S(=O)(=O)c2ccccc2)c1. The average Bonchev–Trinajstić information content (AvgIpc) is 3.48. The average molecular weight is 568 g/mol. The quantitative estimate of drug-likeness (QED) is 0.368. The molecule has 3 aromatic carbocycles. The lowest BCUT2D eigenvalue weighted by Gasteiger charge is -2.32. The van der Waals surface area contributed by atoms with Crippen LogP contribution in [-0.4, -0.2) is 50.9 Å². The Hall–Kier alpha value is -3.92. The molecule has 0 unspecified atom stereocenters. The molecule has 2 amide bonds. The van der Waals surface area contributed by atoms with E-state index in [2.05, 4.69) is 5.32 Å². The number of benzene rings is 3. The lowest BCUT2D eigenvalue weighted by molar-refractivity contribution is -0.139. The number of methoxy groups -OCH3 is 1. The number of carbonyl (C=O) groups excluding carboxylic acids is 2. The van der Waals surface area contributed by atoms with Crippen LogP contribution in [0.3, 0.4) is 0 Å². The van der Waals surface area contributed by atoms with Crippen LogP contribution in [-0.2, 0) is 26.2 Å². The molecule has 0 spiro atoms. The molecule has 1 fully saturated rings. The predicted octanol–water partition coefficient (Wildman–Crippen LogP) is 4.51. The molecule has 0 bridgehead atoms. The summed E-state index contributed by atoms with van der Waals surface area (Å²) in [7, 11) is -2.70. The van der Waals surface area contributed by atoms with Crippen LogP contribution in [0.5, 0.6) is 5.75 Å². The molecular weight excluding hydrogens is 533 g/mol. The van der Waals surface area contributed by atoms with Crippen molar-refractivity contribution in [2.75, 3.05) is 18.0 Å². The first-order valence-corrected chi connectivity index (χ1v) is 14.7. The van der Waals surface area contributed by atoms with Crippen molar-refractivity contribution in [2.24, 2.45) is 0 Å². The zero-order chi connectivity index (χ0) is 28.7. The first-order valence-electron chi connectivity index (χ1n) is 13.2. The van der Waals surface area contributed by atoms with Gasteiger partial charge in [0, 0.05) is 18.7 Å². The maximum atomic E-state index is 13.9. The number of hydrogen-bond acceptors (Lipinski definition) is 5. The third-order valence-corrected chi connectivity index (χ3v) is 8.87. The van der Waals surface area contributed by atoms with Crippen molar-refractivity contribution in [1.82, 2.24) is 10.2 Å². The number of amides is 2. The summed E-state index contributed by atoms with van der Waals surface area (Å²) in [5.41, 5.74) is 0.843. The second kappa shape index (κ2) is 13.0. The Bertz CT molecular complexity index is 1410. The van der Waals surface area contributed by atoms with Gasteiger partial charge in [0.1, 0.15) is 24.2 Å². The summed E-state index contributed by atoms with van der Waals surface area (Å²) < 4.78 is 47.5. The van der Waals surface area contributed by atoms with Crippen LogP contribution in [0.15, 0.2) is 83.8 Å². The first kappa shape index (κ1) is 29.1. The zero-order valence-corrected chi connectivity index (χ0v) is 23.4. The summed E-state index contributed by atoms with van der Waals surface area (Å²) in [4.78, 5) is 28.5. The molecule has 8 nitrogen and oxygen atoms in total. The van der Waals surface area contributed by atoms with Gasteiger partial charge in [-0.25, -0.2) is 12.8 Å². The van der Waals surface area contributed by atoms with Crippen LogP contribution < -0.4 is 14.4 Å². The van der Waals surface area contributed by atoms with Crippen molar-refractivity contribution in [2.45, 2.75) is 56.1 Å². The van der Waals surface area contributed by atoms with E-state index in [0.717, 1.165) is 30.0 Å². The number of rotatable bonds is 11. The zero-order valence-electron chi connectivity index (χ0n) is 22.6. The summed E-state index contributed by atoms with van der Waals surface area (Å²) in [5, 5.41) is 3.02. The number of carbonyl (C=O) groups is 2. The van der Waals surface area contributed by atoms with Crippen LogP contribution in [0.25, 0.3) is 0 Å². The minimum absolute atomic E-state index is 0.00426. The highest BCUT2D eigenvalue weighted by Crippen LogP contribution is 2.27. The minimum atomic E-state index is -4.17. The lowest BCUT2D eigenvalue weighted by atomic mass is 10.1. The van der Waals surface area contributed by atoms with Crippen molar-refractivity contribution in [1.29, 1.82) is 0 Å². The topological polar surface area (TPSA) is 96.0 Å². The molecule has 1 aliphatic rings. The number of hydrogen-bond donors (Lipinski definition) is 1. The van der Waals surface area contributed by atoms with Crippen LogP contribution in [0.2, 0.25) is 0 Å². The Morgan fingerprint density at radius 3 is 2.33 bits per heavy atom. The summed E-state index contributed by atoms with van der Waals surface area (Å²) in [6.07, 6.45) is 3.82. The highest BCUT2D eigenvalue weighted by Gasteiger charge is 2.33. The molecule has 3 aromatic rings. The van der Waals surface area contributed by atoms with Gasteiger partial charge in [0.15, 0.2) is 0 Å². The van der Waals surface area contributed by atoms with Gasteiger partial charge in [-0.3, -0.25) is 13.9 Å². The highest BCUT2D eigenvalue weighted by atomic mass is 32.2. The second-order valence-electron chi connectivity index (χ2n) is 9.84. The normalized spacial score (nSPS) is 14.4. The Balaban J connectivity index is 1.68. The molecule has 0 saturated heterocycles. The smallest absolute Gasteiger partial charge is 0.264 e. The van der Waals surface area contributed by atoms with Crippen molar-refractivity contribution in [3.05, 3.63) is 90.2 Å². The van der Waals surface area contributed by atoms with Crippen molar-refractivity contribution in [3.63, 3.8) is 0 Å². The summed E-state index contributed by atoms with van der Waals surface area (Å²) in [6, 6.07) is 19.1. The number of halogens is 1. The molecule has 1 atom stereocenters. The van der Waals surface area contributed by atoms with E-state index in [1.165, 1.54) is 54.5 Å². The number of nitrogens with one attached hydrogen (secondary N) is 1. The van der Waals surface area contributed by atoms with Gasteiger partial charge in [0.05, 0.1) is 17.7 Å². The first-order chi connectivity index (χ1) is 19.2. The molecule has 0 aliphatic heterocycles. The fraction of sp³-hybridized carbons (Fsp3) is 0.333. The summed E-state index contributed by atoms with van der Waals surface area (Å²) in [5.74, 6) is -0.903. The molecule has 0 aromatic heterocycles. The molecule has 1 N–H and O–H groups in total. The Morgan fingerprint density at radius 2 is 1.68 bits per heavy atom. The molecule has 10 heteroatoms. The Kier molecular flexibility index (Phi) is 9.42. The predicted molar refractivity (Wildman–Crippen MR) is 151 cm³/mol. The van der Waals surface area contributed by atoms with E-state index in [1.54, 1.807) is 43.3 Å². The van der Waals surface area contributed by atoms with Gasteiger partial charge < -0.3 is 15.0 Å². The molecule has 1 aliphatic carbocycles. The van der Waals surface area contributed by atoms with Crippen molar-refractivity contribution < 1.29 is 27.1 Å². The lowest BCUT2D eigenvalue weighted by Crippen LogP contribution is -2.52. The van der Waals surface area contributed by atoms with Gasteiger partial charge in [0.25, 0.3) is 10.0 Å². The van der Waals surface area contributed by atoms with Gasteiger partial charge in [-0.05, 0) is 61.7 Å². The van der Waals surface area contributed by atoms with Crippen molar-refractivity contribution in [3.8, 4) is 5.75 Å². The molecule has 0 heterocycles. The molecule has 4 rings (SSSR count). The molecule has 40 heavy (non-hydrogen) atoms. The fourth-order valence-electron chi connectivity index (χ4n) is 4.78. The Labute approximate surface area is 234 Å². The minimum Gasteiger partial charge on any atom is -0.497 e. The number of nitrogens with zero attached hydrogens (tertiary/aromatic N) is 2. The summed E-state index contributed by atoms with van der Waals surface area (Å²) >= 11 is 0. The van der Waals surface area contributed by atoms with E-state index >= 15 is 0 Å². The van der Waals surface area contributed by atoms with Crippen LogP contribution in [0.1, 0.15) is 38.2 Å². The number of anilines is 1. The van der Waals surface area contributed by atoms with Crippen LogP contribution >= 0.6 is 0 Å². The summed E-state index contributed by atoms with van der Waals surface area (Å²) in [6.45, 7) is 1.05. The van der Waals surface area contributed by atoms with E-state index < -0.39 is 34.3 Å². The van der Waals surface area contributed by atoms with Gasteiger partial charge in [-0.2, -0.15) is 0 Å². The Morgan fingerprint density at radius 1 is 1.00 bits per heavy atom. The maximum Gasteiger partial charge on any atom is 0.264 e. The third kappa shape index (κ3) is 6.98. The van der Waals surface area contributed by atoms with E-state index in [1.807, 2.05) is 0 Å². The van der Waals surface area contributed by atoms with E-state index in [9.17, 15) is 22.4 Å². The van der Waals surface area contributed by atoms with E-state index in [-0.39, 0.29) is 29.1 Å². The van der Waals surface area contributed by atoms with Crippen molar-refractivity contribution >= 4 is 27.5 Å². The van der Waals surface area contributed by atoms with Crippen LogP contribution in [0, 0.1) is 5.82 Å². The third-order valence-electron chi connectivity index (χ3n) is 7.09. The highest BCUT2D eigenvalue weighted by molar-refractivity contribution is 7.92. The largest absolute Gasteiger partial charge is 0.497 e. The molecule has 212 valence electrons. The van der Waals surface area contributed by atoms with Crippen LogP contribution in [0.4, 0.5) is 10.1 Å². The second-order valence-corrected chi connectivity index (χ2v) is 11.7. The van der Waals surface area contributed by atoms with Gasteiger partial charge >= 0.3 is 0 Å². The molecule has 0 radical (unpaired) electrons. The molecule has 1 saturated carbocycles. The monoisotopic (exact) mass is 567 g/mol. The standard InChI is InChI=1S/C30H34FN3O5S/c1-22(30(36)32-25-9-6-7-10-25)33(20-23-15-17-24(31)18-16-23)29(35)21-34(26-11-8-12-27(19-26)39-2)40(37,38)28-13-4-3-5-14-28/h3-5,8,11-19,22,25H,6-7,9-10,20-21H2,1-2H3,(H,32,36)/t22-/m1/s1. The van der Waals surface area contributed by atoms with E-state index in [4.69, 9.17) is 4.74 Å². The number of ether oxygens (including phenoxy) is 1. The van der Waals surface area contributed by atoms with Gasteiger partial charge in [-0.1, -0.05) is 49.2 Å².